The summed E-state index contributed by atoms with van der Waals surface area (Å²) in [5, 5.41) is 0. The molecule has 0 radical (unpaired) electrons. The first-order chi connectivity index (χ1) is 12.5. The van der Waals surface area contributed by atoms with E-state index in [4.69, 9.17) is 9.47 Å². The Labute approximate surface area is 155 Å². The van der Waals surface area contributed by atoms with Crippen LogP contribution < -0.4 is 9.47 Å². The molecule has 1 aliphatic heterocycles. The molecule has 2 heteroatoms. The second-order valence-electron chi connectivity index (χ2n) is 8.37. The molecule has 0 amide bonds. The van der Waals surface area contributed by atoms with Crippen LogP contribution in [0.15, 0.2) is 47.5 Å². The van der Waals surface area contributed by atoms with Crippen LogP contribution in [0.25, 0.3) is 11.6 Å². The topological polar surface area (TPSA) is 18.5 Å². The number of hydrogen-bond donors (Lipinski definition) is 0. The molecule has 1 heterocycles. The number of benzene rings is 2. The molecule has 2 aromatic carbocycles. The van der Waals surface area contributed by atoms with Crippen molar-refractivity contribution in [1.82, 2.24) is 0 Å². The van der Waals surface area contributed by atoms with Crippen molar-refractivity contribution < 1.29 is 9.47 Å². The van der Waals surface area contributed by atoms with Gasteiger partial charge in [-0.3, -0.25) is 0 Å². The molecule has 0 saturated heterocycles. The number of hydrogen-bond acceptors (Lipinski definition) is 2. The summed E-state index contributed by atoms with van der Waals surface area (Å²) in [4.78, 5) is 0. The highest BCUT2D eigenvalue weighted by atomic mass is 16.7. The lowest BCUT2D eigenvalue weighted by Crippen LogP contribution is -2.24. The van der Waals surface area contributed by atoms with Crippen molar-refractivity contribution in [2.24, 2.45) is 5.41 Å². The standard InChI is InChI=1S/C24H24O2/c1-14-9-16-7-5-6-8-18(16)22(14)24(3,4)23-15(2)10-17-11-20-21(12-19(17)23)26-13-25-20/h5-9,11-12,22H,10,13H2,1-4H3. The fraction of sp³-hybridized carbons (Fsp3) is 0.333. The van der Waals surface area contributed by atoms with Crippen molar-refractivity contribution in [1.29, 1.82) is 0 Å². The van der Waals surface area contributed by atoms with Gasteiger partial charge in [-0.25, -0.2) is 0 Å². The van der Waals surface area contributed by atoms with Gasteiger partial charge in [-0.05, 0) is 60.2 Å². The minimum absolute atomic E-state index is 0.0101. The van der Waals surface area contributed by atoms with Crippen molar-refractivity contribution in [2.45, 2.75) is 40.0 Å². The SMILES string of the molecule is CC1=Cc2ccccc2C1C(C)(C)C1=C(C)Cc2cc3c(cc21)OCO3. The zero-order valence-electron chi connectivity index (χ0n) is 15.8. The minimum Gasteiger partial charge on any atom is -0.454 e. The first-order valence-electron chi connectivity index (χ1n) is 9.37. The molecule has 3 aliphatic rings. The molecule has 0 bridgehead atoms. The van der Waals surface area contributed by atoms with Gasteiger partial charge < -0.3 is 9.47 Å². The molecule has 1 unspecified atom stereocenters. The van der Waals surface area contributed by atoms with Gasteiger partial charge in [-0.1, -0.05) is 55.3 Å². The average Bonchev–Trinajstić information content (AvgIpc) is 3.25. The van der Waals surface area contributed by atoms with E-state index in [1.807, 2.05) is 0 Å². The predicted molar refractivity (Wildman–Crippen MR) is 105 cm³/mol. The van der Waals surface area contributed by atoms with Crippen molar-refractivity contribution in [3.8, 4) is 11.5 Å². The number of ether oxygens (including phenoxy) is 2. The van der Waals surface area contributed by atoms with Crippen LogP contribution in [0.4, 0.5) is 0 Å². The van der Waals surface area contributed by atoms with Gasteiger partial charge in [0.25, 0.3) is 0 Å². The Kier molecular flexibility index (Phi) is 3.19. The largest absolute Gasteiger partial charge is 0.454 e. The molecule has 0 saturated carbocycles. The summed E-state index contributed by atoms with van der Waals surface area (Å²) in [6, 6.07) is 13.2. The molecule has 5 rings (SSSR count). The second kappa shape index (κ2) is 5.26. The van der Waals surface area contributed by atoms with Crippen LogP contribution in [0.2, 0.25) is 0 Å². The van der Waals surface area contributed by atoms with Crippen LogP contribution in [0.5, 0.6) is 11.5 Å². The predicted octanol–water partition coefficient (Wildman–Crippen LogP) is 5.97. The highest BCUT2D eigenvalue weighted by Gasteiger charge is 2.42. The van der Waals surface area contributed by atoms with E-state index in [0.717, 1.165) is 17.9 Å². The zero-order valence-corrected chi connectivity index (χ0v) is 15.8. The summed E-state index contributed by atoms with van der Waals surface area (Å²) in [5.74, 6) is 2.17. The monoisotopic (exact) mass is 344 g/mol. The fourth-order valence-corrected chi connectivity index (χ4v) is 5.45. The van der Waals surface area contributed by atoms with Gasteiger partial charge in [0, 0.05) is 11.3 Å². The second-order valence-corrected chi connectivity index (χ2v) is 8.37. The Balaban J connectivity index is 1.65. The molecule has 0 N–H and O–H groups in total. The number of allylic oxidation sites excluding steroid dienone is 3. The molecule has 132 valence electrons. The molecular formula is C24H24O2. The van der Waals surface area contributed by atoms with Gasteiger partial charge in [0.05, 0.1) is 0 Å². The van der Waals surface area contributed by atoms with E-state index < -0.39 is 0 Å². The molecule has 0 spiro atoms. The number of fused-ring (bicyclic) bond motifs is 3. The van der Waals surface area contributed by atoms with Gasteiger partial charge in [0.15, 0.2) is 11.5 Å². The molecular weight excluding hydrogens is 320 g/mol. The molecule has 2 aliphatic carbocycles. The fourth-order valence-electron chi connectivity index (χ4n) is 5.45. The van der Waals surface area contributed by atoms with E-state index in [9.17, 15) is 0 Å². The molecule has 1 atom stereocenters. The van der Waals surface area contributed by atoms with Crippen LogP contribution >= 0.6 is 0 Å². The van der Waals surface area contributed by atoms with Crippen LogP contribution in [-0.2, 0) is 6.42 Å². The van der Waals surface area contributed by atoms with E-state index in [0.29, 0.717) is 12.7 Å². The maximum absolute atomic E-state index is 5.67. The quantitative estimate of drug-likeness (QED) is 0.668. The van der Waals surface area contributed by atoms with Crippen LogP contribution in [0, 0.1) is 5.41 Å². The maximum atomic E-state index is 5.67. The molecule has 0 fully saturated rings. The molecule has 2 aromatic rings. The van der Waals surface area contributed by atoms with Crippen molar-refractivity contribution in [2.75, 3.05) is 6.79 Å². The lowest BCUT2D eigenvalue weighted by Gasteiger charge is -2.37. The van der Waals surface area contributed by atoms with E-state index >= 15 is 0 Å². The summed E-state index contributed by atoms with van der Waals surface area (Å²) >= 11 is 0. The highest BCUT2D eigenvalue weighted by molar-refractivity contribution is 5.83. The third-order valence-electron chi connectivity index (χ3n) is 6.26. The smallest absolute Gasteiger partial charge is 0.231 e. The minimum atomic E-state index is 0.0101. The third kappa shape index (κ3) is 2.05. The summed E-state index contributed by atoms with van der Waals surface area (Å²) in [6.45, 7) is 9.68. The van der Waals surface area contributed by atoms with E-state index in [1.54, 1.807) is 0 Å². The van der Waals surface area contributed by atoms with Crippen molar-refractivity contribution in [3.05, 3.63) is 69.8 Å². The van der Waals surface area contributed by atoms with E-state index in [-0.39, 0.29) is 5.41 Å². The Morgan fingerprint density at radius 2 is 1.73 bits per heavy atom. The van der Waals surface area contributed by atoms with E-state index in [2.05, 4.69) is 70.2 Å². The lowest BCUT2D eigenvalue weighted by molar-refractivity contribution is 0.174. The summed E-state index contributed by atoms with van der Waals surface area (Å²) in [7, 11) is 0. The van der Waals surface area contributed by atoms with Crippen LogP contribution in [0.1, 0.15) is 55.9 Å². The van der Waals surface area contributed by atoms with Crippen molar-refractivity contribution in [3.63, 3.8) is 0 Å². The van der Waals surface area contributed by atoms with Gasteiger partial charge >= 0.3 is 0 Å². The Bertz CT molecular complexity index is 991. The first-order valence-corrected chi connectivity index (χ1v) is 9.37. The van der Waals surface area contributed by atoms with Gasteiger partial charge in [-0.15, -0.1) is 0 Å². The molecule has 26 heavy (non-hydrogen) atoms. The maximum Gasteiger partial charge on any atom is 0.231 e. The average molecular weight is 344 g/mol. The summed E-state index contributed by atoms with van der Waals surface area (Å²) < 4.78 is 11.3. The normalized spacial score (nSPS) is 20.3. The van der Waals surface area contributed by atoms with Gasteiger partial charge in [-0.2, -0.15) is 0 Å². The van der Waals surface area contributed by atoms with E-state index in [1.165, 1.54) is 39.0 Å². The summed E-state index contributed by atoms with van der Waals surface area (Å²) in [5.41, 5.74) is 9.92. The summed E-state index contributed by atoms with van der Waals surface area (Å²) in [6.07, 6.45) is 3.36. The Morgan fingerprint density at radius 1 is 1.00 bits per heavy atom. The van der Waals surface area contributed by atoms with Gasteiger partial charge in [0.1, 0.15) is 0 Å². The third-order valence-corrected chi connectivity index (χ3v) is 6.26. The van der Waals surface area contributed by atoms with Crippen LogP contribution in [-0.4, -0.2) is 6.79 Å². The first kappa shape index (κ1) is 15.7. The highest BCUT2D eigenvalue weighted by Crippen LogP contribution is 2.57. The Morgan fingerprint density at radius 3 is 2.54 bits per heavy atom. The zero-order chi connectivity index (χ0) is 18.1. The Hall–Kier alpha value is -2.48. The number of rotatable bonds is 2. The lowest BCUT2D eigenvalue weighted by atomic mass is 9.66. The molecule has 0 aromatic heterocycles. The van der Waals surface area contributed by atoms with Crippen molar-refractivity contribution >= 4 is 11.6 Å². The van der Waals surface area contributed by atoms with Crippen LogP contribution in [0.3, 0.4) is 0 Å². The molecule has 2 nitrogen and oxygen atoms in total. The van der Waals surface area contributed by atoms with Gasteiger partial charge in [0.2, 0.25) is 6.79 Å².